The fourth-order valence-corrected chi connectivity index (χ4v) is 2.06. The van der Waals surface area contributed by atoms with Crippen molar-refractivity contribution in [2.24, 2.45) is 11.8 Å². The second-order valence-corrected chi connectivity index (χ2v) is 4.47. The van der Waals surface area contributed by atoms with Crippen LogP contribution < -0.4 is 0 Å². The molecule has 1 heteroatoms. The van der Waals surface area contributed by atoms with Crippen molar-refractivity contribution in [1.82, 2.24) is 0 Å². The average molecular weight is 190 g/mol. The Kier molecular flexibility index (Phi) is 2.87. The number of hydrogen-bond donors (Lipinski definition) is 1. The summed E-state index contributed by atoms with van der Waals surface area (Å²) >= 11 is 0. The Balaban J connectivity index is 1.77. The van der Waals surface area contributed by atoms with E-state index in [2.05, 4.69) is 31.2 Å². The van der Waals surface area contributed by atoms with Crippen molar-refractivity contribution < 1.29 is 5.11 Å². The van der Waals surface area contributed by atoms with Gasteiger partial charge in [-0.05, 0) is 36.7 Å². The average Bonchev–Trinajstić information content (AvgIpc) is 2.94. The van der Waals surface area contributed by atoms with Crippen LogP contribution in [-0.2, 0) is 6.42 Å². The minimum absolute atomic E-state index is 0.0785. The highest BCUT2D eigenvalue weighted by Gasteiger charge is 2.38. The van der Waals surface area contributed by atoms with E-state index >= 15 is 0 Å². The summed E-state index contributed by atoms with van der Waals surface area (Å²) in [6, 6.07) is 10.4. The van der Waals surface area contributed by atoms with Crippen LogP contribution in [0.15, 0.2) is 30.3 Å². The van der Waals surface area contributed by atoms with Gasteiger partial charge in [-0.2, -0.15) is 0 Å². The van der Waals surface area contributed by atoms with Crippen LogP contribution in [0.2, 0.25) is 0 Å². The van der Waals surface area contributed by atoms with Crippen molar-refractivity contribution >= 4 is 0 Å². The lowest BCUT2D eigenvalue weighted by Crippen LogP contribution is -2.11. The molecule has 3 atom stereocenters. The van der Waals surface area contributed by atoms with Crippen LogP contribution >= 0.6 is 0 Å². The lowest BCUT2D eigenvalue weighted by molar-refractivity contribution is 0.136. The molecule has 1 fully saturated rings. The van der Waals surface area contributed by atoms with E-state index in [9.17, 15) is 5.11 Å². The third kappa shape index (κ3) is 2.36. The van der Waals surface area contributed by atoms with Crippen molar-refractivity contribution in [3.63, 3.8) is 0 Å². The van der Waals surface area contributed by atoms with Gasteiger partial charge in [0.15, 0.2) is 0 Å². The summed E-state index contributed by atoms with van der Waals surface area (Å²) in [5.41, 5.74) is 1.33. The largest absolute Gasteiger partial charge is 0.393 e. The van der Waals surface area contributed by atoms with Crippen molar-refractivity contribution in [1.29, 1.82) is 0 Å². The highest BCUT2D eigenvalue weighted by Crippen LogP contribution is 2.41. The molecule has 0 heterocycles. The fourth-order valence-electron chi connectivity index (χ4n) is 2.06. The van der Waals surface area contributed by atoms with Crippen LogP contribution in [-0.4, -0.2) is 11.2 Å². The van der Waals surface area contributed by atoms with E-state index in [0.717, 1.165) is 18.8 Å². The molecule has 1 nitrogen and oxygen atoms in total. The first kappa shape index (κ1) is 9.72. The normalized spacial score (nSPS) is 27.3. The number of aliphatic hydroxyl groups excluding tert-OH is 1. The number of aryl methyl sites for hydroxylation is 1. The number of hydrogen-bond acceptors (Lipinski definition) is 1. The minimum Gasteiger partial charge on any atom is -0.393 e. The predicted octanol–water partition coefficient (Wildman–Crippen LogP) is 2.64. The molecule has 0 spiro atoms. The molecule has 0 amide bonds. The van der Waals surface area contributed by atoms with Gasteiger partial charge < -0.3 is 5.11 Å². The molecular formula is C13H18O. The topological polar surface area (TPSA) is 20.2 Å². The smallest absolute Gasteiger partial charge is 0.0574 e. The second-order valence-electron chi connectivity index (χ2n) is 4.47. The summed E-state index contributed by atoms with van der Waals surface area (Å²) in [5.74, 6) is 1.33. The van der Waals surface area contributed by atoms with Gasteiger partial charge in [0.1, 0.15) is 0 Å². The maximum absolute atomic E-state index is 9.82. The van der Waals surface area contributed by atoms with Gasteiger partial charge in [0.25, 0.3) is 0 Å². The standard InChI is InChI=1S/C13H18O/c1-10-9-12(10)13(14)8-7-11-5-3-2-4-6-11/h2-6,10,12-14H,7-9H2,1H3. The maximum atomic E-state index is 9.82. The molecule has 0 aromatic heterocycles. The molecule has 0 radical (unpaired) electrons. The third-order valence-corrected chi connectivity index (χ3v) is 3.24. The highest BCUT2D eigenvalue weighted by molar-refractivity contribution is 5.14. The SMILES string of the molecule is CC1CC1C(O)CCc1ccccc1. The van der Waals surface area contributed by atoms with Crippen molar-refractivity contribution in [3.8, 4) is 0 Å². The predicted molar refractivity (Wildman–Crippen MR) is 58.0 cm³/mol. The molecule has 1 aliphatic rings. The molecule has 0 saturated heterocycles. The summed E-state index contributed by atoms with van der Waals surface area (Å²) in [6.45, 7) is 2.22. The summed E-state index contributed by atoms with van der Waals surface area (Å²) < 4.78 is 0. The third-order valence-electron chi connectivity index (χ3n) is 3.24. The molecule has 1 saturated carbocycles. The zero-order valence-corrected chi connectivity index (χ0v) is 8.69. The van der Waals surface area contributed by atoms with Crippen LogP contribution in [0.3, 0.4) is 0 Å². The van der Waals surface area contributed by atoms with Crippen LogP contribution in [0.5, 0.6) is 0 Å². The molecule has 76 valence electrons. The lowest BCUT2D eigenvalue weighted by atomic mass is 10.0. The van der Waals surface area contributed by atoms with Gasteiger partial charge >= 0.3 is 0 Å². The maximum Gasteiger partial charge on any atom is 0.0574 e. The summed E-state index contributed by atoms with van der Waals surface area (Å²) in [7, 11) is 0. The molecule has 1 aromatic rings. The van der Waals surface area contributed by atoms with Gasteiger partial charge in [-0.15, -0.1) is 0 Å². The van der Waals surface area contributed by atoms with Crippen LogP contribution in [0.4, 0.5) is 0 Å². The first-order chi connectivity index (χ1) is 6.77. The Morgan fingerprint density at radius 2 is 2.00 bits per heavy atom. The van der Waals surface area contributed by atoms with E-state index in [-0.39, 0.29) is 6.10 Å². The highest BCUT2D eigenvalue weighted by atomic mass is 16.3. The molecule has 1 N–H and O–H groups in total. The van der Waals surface area contributed by atoms with E-state index in [1.54, 1.807) is 0 Å². The van der Waals surface area contributed by atoms with Crippen molar-refractivity contribution in [3.05, 3.63) is 35.9 Å². The van der Waals surface area contributed by atoms with E-state index in [1.807, 2.05) is 6.07 Å². The minimum atomic E-state index is -0.0785. The van der Waals surface area contributed by atoms with Crippen LogP contribution in [0.25, 0.3) is 0 Å². The Hall–Kier alpha value is -0.820. The lowest BCUT2D eigenvalue weighted by Gasteiger charge is -2.09. The van der Waals surface area contributed by atoms with Gasteiger partial charge in [0.2, 0.25) is 0 Å². The first-order valence-corrected chi connectivity index (χ1v) is 5.49. The summed E-state index contributed by atoms with van der Waals surface area (Å²) in [5, 5.41) is 9.82. The zero-order valence-electron chi connectivity index (χ0n) is 8.69. The zero-order chi connectivity index (χ0) is 9.97. The molecule has 0 aliphatic heterocycles. The Labute approximate surface area is 85.8 Å². The molecule has 14 heavy (non-hydrogen) atoms. The summed E-state index contributed by atoms with van der Waals surface area (Å²) in [4.78, 5) is 0. The van der Waals surface area contributed by atoms with E-state index in [4.69, 9.17) is 0 Å². The first-order valence-electron chi connectivity index (χ1n) is 5.49. The van der Waals surface area contributed by atoms with E-state index in [0.29, 0.717) is 5.92 Å². The molecule has 0 bridgehead atoms. The Bertz CT molecular complexity index is 281. The molecule has 2 rings (SSSR count). The summed E-state index contributed by atoms with van der Waals surface area (Å²) in [6.07, 6.45) is 3.06. The fraction of sp³-hybridized carbons (Fsp3) is 0.538. The van der Waals surface area contributed by atoms with Gasteiger partial charge in [0, 0.05) is 0 Å². The van der Waals surface area contributed by atoms with E-state index in [1.165, 1.54) is 12.0 Å². The molecular weight excluding hydrogens is 172 g/mol. The van der Waals surface area contributed by atoms with Gasteiger partial charge in [0.05, 0.1) is 6.10 Å². The van der Waals surface area contributed by atoms with Crippen LogP contribution in [0, 0.1) is 11.8 Å². The second kappa shape index (κ2) is 4.14. The van der Waals surface area contributed by atoms with Crippen LogP contribution in [0.1, 0.15) is 25.3 Å². The van der Waals surface area contributed by atoms with Gasteiger partial charge in [-0.3, -0.25) is 0 Å². The molecule has 1 aromatic carbocycles. The van der Waals surface area contributed by atoms with Gasteiger partial charge in [-0.25, -0.2) is 0 Å². The Morgan fingerprint density at radius 1 is 1.36 bits per heavy atom. The van der Waals surface area contributed by atoms with Crippen molar-refractivity contribution in [2.75, 3.05) is 0 Å². The number of benzene rings is 1. The number of aliphatic hydroxyl groups is 1. The van der Waals surface area contributed by atoms with Gasteiger partial charge in [-0.1, -0.05) is 37.3 Å². The Morgan fingerprint density at radius 3 is 2.57 bits per heavy atom. The molecule has 1 aliphatic carbocycles. The van der Waals surface area contributed by atoms with Crippen molar-refractivity contribution in [2.45, 2.75) is 32.3 Å². The number of rotatable bonds is 4. The quantitative estimate of drug-likeness (QED) is 0.774. The van der Waals surface area contributed by atoms with E-state index < -0.39 is 0 Å². The molecule has 3 unspecified atom stereocenters. The monoisotopic (exact) mass is 190 g/mol.